The van der Waals surface area contributed by atoms with E-state index in [2.05, 4.69) is 15.2 Å². The molecule has 0 aromatic carbocycles. The van der Waals surface area contributed by atoms with Gasteiger partial charge in [0.05, 0.1) is 6.54 Å². The van der Waals surface area contributed by atoms with Gasteiger partial charge in [-0.3, -0.25) is 14.6 Å². The van der Waals surface area contributed by atoms with E-state index >= 15 is 0 Å². The number of carbonyl (C=O) groups excluding carboxylic acids is 1. The lowest BCUT2D eigenvalue weighted by Crippen LogP contribution is -2.34. The second kappa shape index (κ2) is 7.07. The summed E-state index contributed by atoms with van der Waals surface area (Å²) >= 11 is 0. The van der Waals surface area contributed by atoms with Crippen LogP contribution in [0.15, 0.2) is 40.2 Å². The second-order valence-electron chi connectivity index (χ2n) is 5.48. The molecule has 1 unspecified atom stereocenters. The molecule has 1 N–H and O–H groups in total. The molecular formula is C15H17N5O4. The van der Waals surface area contributed by atoms with E-state index in [1.807, 2.05) is 0 Å². The van der Waals surface area contributed by atoms with Gasteiger partial charge in [0.15, 0.2) is 0 Å². The van der Waals surface area contributed by atoms with Crippen LogP contribution in [-0.2, 0) is 11.3 Å². The maximum absolute atomic E-state index is 12.2. The van der Waals surface area contributed by atoms with Crippen LogP contribution in [0.4, 0.5) is 0 Å². The fourth-order valence-electron chi connectivity index (χ4n) is 2.57. The van der Waals surface area contributed by atoms with Crippen LogP contribution in [0.2, 0.25) is 0 Å². The largest absolute Gasteiger partial charge is 0.471 e. The molecule has 0 bridgehead atoms. The predicted octanol–water partition coefficient (Wildman–Crippen LogP) is -0.603. The molecule has 0 saturated carbocycles. The Morgan fingerprint density at radius 1 is 1.38 bits per heavy atom. The number of hydrogen-bond donors (Lipinski definition) is 1. The Hall–Kier alpha value is -2.97. The van der Waals surface area contributed by atoms with Gasteiger partial charge in [-0.25, -0.2) is 4.79 Å². The van der Waals surface area contributed by atoms with Gasteiger partial charge in [-0.15, -0.1) is 5.10 Å². The molecule has 0 aliphatic carbocycles. The minimum atomic E-state index is -0.513. The molecule has 1 saturated heterocycles. The summed E-state index contributed by atoms with van der Waals surface area (Å²) in [5, 5.41) is 7.61. The summed E-state index contributed by atoms with van der Waals surface area (Å²) in [4.78, 5) is 38.7. The number of nitrogens with one attached hydrogen (secondary N) is 1. The third-order valence-electron chi connectivity index (χ3n) is 3.80. The molecule has 1 aliphatic heterocycles. The molecule has 2 aromatic heterocycles. The van der Waals surface area contributed by atoms with E-state index in [-0.39, 0.29) is 25.0 Å². The maximum Gasteiger partial charge on any atom is 0.328 e. The number of rotatable bonds is 5. The van der Waals surface area contributed by atoms with Crippen molar-refractivity contribution >= 4 is 5.91 Å². The van der Waals surface area contributed by atoms with Crippen molar-refractivity contribution in [1.29, 1.82) is 0 Å². The Morgan fingerprint density at radius 3 is 3.00 bits per heavy atom. The number of aryl methyl sites for hydroxylation is 1. The summed E-state index contributed by atoms with van der Waals surface area (Å²) in [6.45, 7) is 1.31. The molecule has 0 radical (unpaired) electrons. The number of hydrogen-bond acceptors (Lipinski definition) is 6. The highest BCUT2D eigenvalue weighted by Crippen LogP contribution is 2.16. The Morgan fingerprint density at radius 2 is 2.25 bits per heavy atom. The number of aromatic nitrogens is 4. The second-order valence-corrected chi connectivity index (χ2v) is 5.48. The molecule has 3 rings (SSSR count). The van der Waals surface area contributed by atoms with Crippen LogP contribution in [0.5, 0.6) is 5.88 Å². The van der Waals surface area contributed by atoms with Crippen LogP contribution < -0.4 is 16.0 Å². The van der Waals surface area contributed by atoms with Crippen molar-refractivity contribution in [2.75, 3.05) is 13.1 Å². The van der Waals surface area contributed by atoms with Crippen molar-refractivity contribution in [3.8, 4) is 5.88 Å². The number of H-pyrrole nitrogens is 1. The first-order chi connectivity index (χ1) is 11.6. The van der Waals surface area contributed by atoms with E-state index < -0.39 is 11.2 Å². The molecule has 0 spiro atoms. The number of ether oxygens (including phenoxy) is 1. The minimum absolute atomic E-state index is 0.0571. The van der Waals surface area contributed by atoms with Gasteiger partial charge in [-0.2, -0.15) is 5.10 Å². The summed E-state index contributed by atoms with van der Waals surface area (Å²) in [6, 6.07) is 4.72. The molecular weight excluding hydrogens is 314 g/mol. The van der Waals surface area contributed by atoms with Gasteiger partial charge < -0.3 is 14.2 Å². The van der Waals surface area contributed by atoms with E-state index in [1.54, 1.807) is 23.2 Å². The Labute approximate surface area is 136 Å². The van der Waals surface area contributed by atoms with Crippen molar-refractivity contribution in [2.45, 2.75) is 25.5 Å². The first-order valence-electron chi connectivity index (χ1n) is 7.64. The summed E-state index contributed by atoms with van der Waals surface area (Å²) in [5.74, 6) is 0.384. The van der Waals surface area contributed by atoms with Crippen molar-refractivity contribution < 1.29 is 9.53 Å². The predicted molar refractivity (Wildman–Crippen MR) is 83.6 cm³/mol. The molecule has 1 aliphatic rings. The Kier molecular flexibility index (Phi) is 4.69. The van der Waals surface area contributed by atoms with Crippen LogP contribution in [0.25, 0.3) is 0 Å². The number of aromatic amines is 1. The van der Waals surface area contributed by atoms with Crippen molar-refractivity contribution in [3.05, 3.63) is 51.4 Å². The van der Waals surface area contributed by atoms with E-state index in [4.69, 9.17) is 4.74 Å². The maximum atomic E-state index is 12.2. The normalized spacial score (nSPS) is 17.0. The molecule has 2 aromatic rings. The zero-order valence-electron chi connectivity index (χ0n) is 12.9. The fraction of sp³-hybridized carbons (Fsp3) is 0.400. The molecule has 9 nitrogen and oxygen atoms in total. The van der Waals surface area contributed by atoms with Crippen molar-refractivity contribution in [2.24, 2.45) is 0 Å². The smallest absolute Gasteiger partial charge is 0.328 e. The zero-order valence-corrected chi connectivity index (χ0v) is 12.9. The van der Waals surface area contributed by atoms with Gasteiger partial charge in [0.1, 0.15) is 6.10 Å². The highest BCUT2D eigenvalue weighted by atomic mass is 16.5. The first kappa shape index (κ1) is 15.9. The van der Waals surface area contributed by atoms with Crippen LogP contribution in [0.1, 0.15) is 12.8 Å². The standard InChI is InChI=1S/C15H17N5O4/c21-12-4-8-19(15(23)17-12)9-5-14(22)20-7-3-11(10-20)24-13-2-1-6-16-18-13/h1-2,4,6,8,11H,3,5,7,9-10H2,(H,17,21,23). The minimum Gasteiger partial charge on any atom is -0.471 e. The quantitative estimate of drug-likeness (QED) is 0.783. The molecule has 126 valence electrons. The van der Waals surface area contributed by atoms with Crippen LogP contribution in [-0.4, -0.2) is 49.7 Å². The number of amides is 1. The van der Waals surface area contributed by atoms with Crippen molar-refractivity contribution in [1.82, 2.24) is 24.6 Å². The topological polar surface area (TPSA) is 110 Å². The lowest BCUT2D eigenvalue weighted by Gasteiger charge is -2.17. The van der Waals surface area contributed by atoms with E-state index in [0.29, 0.717) is 19.0 Å². The number of likely N-dealkylation sites (tertiary alicyclic amines) is 1. The van der Waals surface area contributed by atoms with Crippen LogP contribution >= 0.6 is 0 Å². The monoisotopic (exact) mass is 331 g/mol. The molecule has 1 atom stereocenters. The lowest BCUT2D eigenvalue weighted by molar-refractivity contribution is -0.130. The average molecular weight is 331 g/mol. The van der Waals surface area contributed by atoms with Gasteiger partial charge in [0.25, 0.3) is 5.56 Å². The zero-order chi connectivity index (χ0) is 16.9. The Bertz CT molecular complexity index is 816. The summed E-state index contributed by atoms with van der Waals surface area (Å²) < 4.78 is 7.00. The summed E-state index contributed by atoms with van der Waals surface area (Å²) in [6.07, 6.45) is 3.75. The summed E-state index contributed by atoms with van der Waals surface area (Å²) in [5.41, 5.74) is -0.966. The molecule has 3 heterocycles. The van der Waals surface area contributed by atoms with Gasteiger partial charge >= 0.3 is 5.69 Å². The first-order valence-corrected chi connectivity index (χ1v) is 7.64. The van der Waals surface area contributed by atoms with E-state index in [0.717, 1.165) is 6.42 Å². The molecule has 1 fully saturated rings. The number of carbonyl (C=O) groups is 1. The van der Waals surface area contributed by atoms with Crippen LogP contribution in [0.3, 0.4) is 0 Å². The Balaban J connectivity index is 1.51. The third kappa shape index (κ3) is 3.86. The van der Waals surface area contributed by atoms with Gasteiger partial charge in [0.2, 0.25) is 11.8 Å². The average Bonchev–Trinajstić information content (AvgIpc) is 3.03. The molecule has 9 heteroatoms. The van der Waals surface area contributed by atoms with Crippen molar-refractivity contribution in [3.63, 3.8) is 0 Å². The third-order valence-corrected chi connectivity index (χ3v) is 3.80. The van der Waals surface area contributed by atoms with Gasteiger partial charge in [0, 0.05) is 50.5 Å². The highest BCUT2D eigenvalue weighted by Gasteiger charge is 2.27. The van der Waals surface area contributed by atoms with E-state index in [1.165, 1.54) is 16.8 Å². The molecule has 24 heavy (non-hydrogen) atoms. The SMILES string of the molecule is O=C(CCn1ccc(=O)[nH]c1=O)N1CCC(Oc2cccnn2)C1. The highest BCUT2D eigenvalue weighted by molar-refractivity contribution is 5.76. The van der Waals surface area contributed by atoms with Gasteiger partial charge in [-0.1, -0.05) is 0 Å². The van der Waals surface area contributed by atoms with Crippen LogP contribution in [0, 0.1) is 0 Å². The summed E-state index contributed by atoms with van der Waals surface area (Å²) in [7, 11) is 0. The fourth-order valence-corrected chi connectivity index (χ4v) is 2.57. The van der Waals surface area contributed by atoms with Gasteiger partial charge in [-0.05, 0) is 6.07 Å². The number of nitrogens with zero attached hydrogens (tertiary/aromatic N) is 4. The van der Waals surface area contributed by atoms with E-state index in [9.17, 15) is 14.4 Å². The lowest BCUT2D eigenvalue weighted by atomic mass is 10.3. The molecule has 1 amide bonds.